The molecular formula is C13H11NO2. The lowest BCUT2D eigenvalue weighted by molar-refractivity contribution is 0.112. The largest absolute Gasteiger partial charge is 0.455 e. The van der Waals surface area contributed by atoms with E-state index in [1.54, 1.807) is 30.5 Å². The van der Waals surface area contributed by atoms with Crippen molar-refractivity contribution in [1.29, 1.82) is 0 Å². The van der Waals surface area contributed by atoms with Crippen molar-refractivity contribution >= 4 is 6.29 Å². The normalized spacial score (nSPS) is 9.81. The Balaban J connectivity index is 2.27. The van der Waals surface area contributed by atoms with Crippen molar-refractivity contribution in [3.63, 3.8) is 0 Å². The third kappa shape index (κ3) is 2.25. The van der Waals surface area contributed by atoms with Crippen LogP contribution >= 0.6 is 0 Å². The SMILES string of the molecule is Cc1ncccc1Oc1cccc(C=O)c1. The van der Waals surface area contributed by atoms with E-state index in [0.29, 0.717) is 17.1 Å². The van der Waals surface area contributed by atoms with Crippen molar-refractivity contribution in [3.05, 3.63) is 53.9 Å². The van der Waals surface area contributed by atoms with E-state index in [0.717, 1.165) is 12.0 Å². The smallest absolute Gasteiger partial charge is 0.150 e. The molecule has 0 aliphatic carbocycles. The maximum atomic E-state index is 10.6. The topological polar surface area (TPSA) is 39.2 Å². The number of benzene rings is 1. The number of aldehydes is 1. The number of pyridine rings is 1. The molecule has 0 N–H and O–H groups in total. The Morgan fingerprint density at radius 1 is 1.25 bits per heavy atom. The molecule has 80 valence electrons. The summed E-state index contributed by atoms with van der Waals surface area (Å²) < 4.78 is 5.63. The fraction of sp³-hybridized carbons (Fsp3) is 0.0769. The first-order chi connectivity index (χ1) is 7.79. The van der Waals surface area contributed by atoms with Crippen molar-refractivity contribution in [1.82, 2.24) is 4.98 Å². The average molecular weight is 213 g/mol. The van der Waals surface area contributed by atoms with Gasteiger partial charge in [0.25, 0.3) is 0 Å². The van der Waals surface area contributed by atoms with Crippen LogP contribution in [-0.2, 0) is 0 Å². The molecule has 0 saturated carbocycles. The number of ether oxygens (including phenoxy) is 1. The molecule has 2 aromatic rings. The minimum Gasteiger partial charge on any atom is -0.455 e. The molecule has 0 radical (unpaired) electrons. The van der Waals surface area contributed by atoms with Crippen LogP contribution < -0.4 is 4.74 Å². The summed E-state index contributed by atoms with van der Waals surface area (Å²) in [5.41, 5.74) is 1.41. The first-order valence-electron chi connectivity index (χ1n) is 4.94. The van der Waals surface area contributed by atoms with E-state index in [4.69, 9.17) is 4.74 Å². The molecule has 0 spiro atoms. The minimum absolute atomic E-state index is 0.596. The summed E-state index contributed by atoms with van der Waals surface area (Å²) in [6.07, 6.45) is 2.51. The van der Waals surface area contributed by atoms with E-state index in [9.17, 15) is 4.79 Å². The van der Waals surface area contributed by atoms with Crippen molar-refractivity contribution in [3.8, 4) is 11.5 Å². The third-order valence-electron chi connectivity index (χ3n) is 2.18. The van der Waals surface area contributed by atoms with Gasteiger partial charge in [-0.1, -0.05) is 12.1 Å². The molecule has 0 aliphatic heterocycles. The van der Waals surface area contributed by atoms with Gasteiger partial charge in [-0.15, -0.1) is 0 Å². The van der Waals surface area contributed by atoms with Crippen molar-refractivity contribution in [2.45, 2.75) is 6.92 Å². The highest BCUT2D eigenvalue weighted by molar-refractivity contribution is 5.75. The van der Waals surface area contributed by atoms with Gasteiger partial charge in [0, 0.05) is 11.8 Å². The zero-order valence-corrected chi connectivity index (χ0v) is 8.88. The quantitative estimate of drug-likeness (QED) is 0.736. The van der Waals surface area contributed by atoms with Gasteiger partial charge in [0.15, 0.2) is 0 Å². The molecular weight excluding hydrogens is 202 g/mol. The Kier molecular flexibility index (Phi) is 2.96. The van der Waals surface area contributed by atoms with Crippen LogP contribution in [0.15, 0.2) is 42.6 Å². The summed E-state index contributed by atoms with van der Waals surface area (Å²) in [5, 5.41) is 0. The molecule has 0 amide bonds. The van der Waals surface area contributed by atoms with Crippen molar-refractivity contribution in [2.24, 2.45) is 0 Å². The van der Waals surface area contributed by atoms with Gasteiger partial charge in [-0.3, -0.25) is 9.78 Å². The number of aryl methyl sites for hydroxylation is 1. The summed E-state index contributed by atoms with van der Waals surface area (Å²) in [5.74, 6) is 1.34. The van der Waals surface area contributed by atoms with Gasteiger partial charge >= 0.3 is 0 Å². The number of hydrogen-bond acceptors (Lipinski definition) is 3. The highest BCUT2D eigenvalue weighted by atomic mass is 16.5. The summed E-state index contributed by atoms with van der Waals surface area (Å²) >= 11 is 0. The molecule has 3 nitrogen and oxygen atoms in total. The van der Waals surface area contributed by atoms with E-state index in [-0.39, 0.29) is 0 Å². The van der Waals surface area contributed by atoms with Crippen LogP contribution in [0.4, 0.5) is 0 Å². The molecule has 0 saturated heterocycles. The molecule has 1 aromatic carbocycles. The second-order valence-electron chi connectivity index (χ2n) is 3.38. The number of hydrogen-bond donors (Lipinski definition) is 0. The number of rotatable bonds is 3. The predicted octanol–water partition coefficient (Wildman–Crippen LogP) is 2.99. The molecule has 0 fully saturated rings. The van der Waals surface area contributed by atoms with E-state index in [2.05, 4.69) is 4.98 Å². The van der Waals surface area contributed by atoms with Crippen LogP contribution in [0.2, 0.25) is 0 Å². The van der Waals surface area contributed by atoms with E-state index < -0.39 is 0 Å². The van der Waals surface area contributed by atoms with Crippen LogP contribution in [-0.4, -0.2) is 11.3 Å². The van der Waals surface area contributed by atoms with Gasteiger partial charge in [0.05, 0.1) is 5.69 Å². The third-order valence-corrected chi connectivity index (χ3v) is 2.18. The average Bonchev–Trinajstić information content (AvgIpc) is 2.32. The fourth-order valence-corrected chi connectivity index (χ4v) is 1.36. The first kappa shape index (κ1) is 10.4. The molecule has 0 atom stereocenters. The van der Waals surface area contributed by atoms with Crippen molar-refractivity contribution < 1.29 is 9.53 Å². The highest BCUT2D eigenvalue weighted by Gasteiger charge is 2.01. The Morgan fingerprint density at radius 2 is 2.12 bits per heavy atom. The van der Waals surface area contributed by atoms with Gasteiger partial charge in [-0.25, -0.2) is 0 Å². The number of nitrogens with zero attached hydrogens (tertiary/aromatic N) is 1. The highest BCUT2D eigenvalue weighted by Crippen LogP contribution is 2.23. The second kappa shape index (κ2) is 4.57. The Morgan fingerprint density at radius 3 is 2.88 bits per heavy atom. The molecule has 1 aromatic heterocycles. The van der Waals surface area contributed by atoms with Gasteiger partial charge < -0.3 is 4.74 Å². The Bertz CT molecular complexity index is 509. The van der Waals surface area contributed by atoms with Crippen molar-refractivity contribution in [2.75, 3.05) is 0 Å². The van der Waals surface area contributed by atoms with Crippen LogP contribution in [0.3, 0.4) is 0 Å². The van der Waals surface area contributed by atoms with Gasteiger partial charge in [0.2, 0.25) is 0 Å². The maximum Gasteiger partial charge on any atom is 0.150 e. The van der Waals surface area contributed by atoms with Gasteiger partial charge in [-0.2, -0.15) is 0 Å². The summed E-state index contributed by atoms with van der Waals surface area (Å²) in [4.78, 5) is 14.7. The second-order valence-corrected chi connectivity index (χ2v) is 3.38. The molecule has 16 heavy (non-hydrogen) atoms. The molecule has 2 rings (SSSR count). The lowest BCUT2D eigenvalue weighted by atomic mass is 10.2. The van der Waals surface area contributed by atoms with Crippen LogP contribution in [0.5, 0.6) is 11.5 Å². The predicted molar refractivity (Wildman–Crippen MR) is 60.9 cm³/mol. The summed E-state index contributed by atoms with van der Waals surface area (Å²) in [6.45, 7) is 1.87. The van der Waals surface area contributed by atoms with E-state index in [1.807, 2.05) is 19.1 Å². The lowest BCUT2D eigenvalue weighted by Crippen LogP contribution is -1.90. The Labute approximate surface area is 93.7 Å². The number of carbonyl (C=O) groups excluding carboxylic acids is 1. The monoisotopic (exact) mass is 213 g/mol. The minimum atomic E-state index is 0.596. The van der Waals surface area contributed by atoms with E-state index in [1.165, 1.54) is 0 Å². The van der Waals surface area contributed by atoms with Gasteiger partial charge in [-0.05, 0) is 31.2 Å². The first-order valence-corrected chi connectivity index (χ1v) is 4.94. The molecule has 0 bridgehead atoms. The standard InChI is InChI=1S/C13H11NO2/c1-10-13(6-3-7-14-10)16-12-5-2-4-11(8-12)9-15/h2-9H,1H3. The van der Waals surface area contributed by atoms with E-state index >= 15 is 0 Å². The van der Waals surface area contributed by atoms with Crippen LogP contribution in [0, 0.1) is 6.92 Å². The molecule has 0 unspecified atom stereocenters. The zero-order chi connectivity index (χ0) is 11.4. The number of aromatic nitrogens is 1. The van der Waals surface area contributed by atoms with Crippen LogP contribution in [0.1, 0.15) is 16.1 Å². The lowest BCUT2D eigenvalue weighted by Gasteiger charge is -2.07. The fourth-order valence-electron chi connectivity index (χ4n) is 1.36. The summed E-state index contributed by atoms with van der Waals surface area (Å²) in [7, 11) is 0. The Hall–Kier alpha value is -2.16. The van der Waals surface area contributed by atoms with Gasteiger partial charge in [0.1, 0.15) is 17.8 Å². The van der Waals surface area contributed by atoms with Crippen LogP contribution in [0.25, 0.3) is 0 Å². The number of carbonyl (C=O) groups is 1. The molecule has 3 heteroatoms. The molecule has 0 aliphatic rings. The zero-order valence-electron chi connectivity index (χ0n) is 8.88. The maximum absolute atomic E-state index is 10.6. The summed E-state index contributed by atoms with van der Waals surface area (Å²) in [6, 6.07) is 10.7. The molecule has 1 heterocycles.